The highest BCUT2D eigenvalue weighted by molar-refractivity contribution is 5.93. The average Bonchev–Trinajstić information content (AvgIpc) is 2.25. The van der Waals surface area contributed by atoms with Gasteiger partial charge < -0.3 is 27.2 Å². The number of rotatable bonds is 5. The van der Waals surface area contributed by atoms with Crippen molar-refractivity contribution in [2.24, 2.45) is 11.5 Å². The molecule has 1 rings (SSSR count). The molecule has 2 amide bonds. The van der Waals surface area contributed by atoms with Gasteiger partial charge in [0.05, 0.1) is 12.6 Å². The summed E-state index contributed by atoms with van der Waals surface area (Å²) in [6.07, 6.45) is 0.123. The molecule has 17 heavy (non-hydrogen) atoms. The first-order valence-corrected chi connectivity index (χ1v) is 4.91. The highest BCUT2D eigenvalue weighted by Crippen LogP contribution is 2.10. The lowest BCUT2D eigenvalue weighted by Crippen LogP contribution is -2.66. The quantitative estimate of drug-likeness (QED) is 0.275. The minimum Gasteiger partial charge on any atom is -0.465 e. The van der Waals surface area contributed by atoms with Crippen LogP contribution in [0.5, 0.6) is 0 Å². The van der Waals surface area contributed by atoms with Crippen LogP contribution in [0.25, 0.3) is 0 Å². The van der Waals surface area contributed by atoms with Crippen LogP contribution in [0.2, 0.25) is 0 Å². The fourth-order valence-electron chi connectivity index (χ4n) is 1.37. The van der Waals surface area contributed by atoms with Crippen LogP contribution in [-0.2, 0) is 9.59 Å². The first kappa shape index (κ1) is 13.0. The highest BCUT2D eigenvalue weighted by Gasteiger charge is 2.35. The molecule has 7 N–H and O–H groups in total. The normalized spacial score (nSPS) is 23.6. The molecule has 1 aliphatic rings. The molecule has 0 radical (unpaired) electrons. The SMILES string of the molecule is N/C(=C\C(=O)CNC(=O)O)C[C@H]1NC(=O)[C@H]1N. The Morgan fingerprint density at radius 2 is 2.18 bits per heavy atom. The minimum absolute atomic E-state index is 0.248. The van der Waals surface area contributed by atoms with Gasteiger partial charge in [0.15, 0.2) is 5.78 Å². The number of hydrogen-bond donors (Lipinski definition) is 5. The zero-order chi connectivity index (χ0) is 13.0. The Morgan fingerprint density at radius 3 is 2.65 bits per heavy atom. The largest absolute Gasteiger partial charge is 0.465 e. The molecule has 1 aliphatic heterocycles. The Morgan fingerprint density at radius 1 is 1.53 bits per heavy atom. The van der Waals surface area contributed by atoms with E-state index in [9.17, 15) is 14.4 Å². The zero-order valence-electron chi connectivity index (χ0n) is 8.97. The Labute approximate surface area is 97.0 Å². The van der Waals surface area contributed by atoms with Crippen molar-refractivity contribution in [3.8, 4) is 0 Å². The number of carbonyl (C=O) groups excluding carboxylic acids is 2. The molecule has 94 valence electrons. The van der Waals surface area contributed by atoms with Crippen molar-refractivity contribution >= 4 is 17.8 Å². The fourth-order valence-corrected chi connectivity index (χ4v) is 1.37. The smallest absolute Gasteiger partial charge is 0.405 e. The zero-order valence-corrected chi connectivity index (χ0v) is 8.97. The van der Waals surface area contributed by atoms with Gasteiger partial charge in [0.2, 0.25) is 5.91 Å². The monoisotopic (exact) mass is 242 g/mol. The van der Waals surface area contributed by atoms with Crippen LogP contribution in [0.3, 0.4) is 0 Å². The number of nitrogens with two attached hydrogens (primary N) is 2. The highest BCUT2D eigenvalue weighted by atomic mass is 16.4. The molecule has 0 bridgehead atoms. The van der Waals surface area contributed by atoms with Gasteiger partial charge in [0.1, 0.15) is 6.04 Å². The van der Waals surface area contributed by atoms with Gasteiger partial charge in [-0.25, -0.2) is 4.79 Å². The standard InChI is InChI=1S/C9H14N4O4/c10-4(1-5(14)3-12-9(16)17)2-6-7(11)8(15)13-6/h1,6-7,12H,2-3,10-11H2,(H,13,15)(H,16,17)/b4-1-/t6-,7+/m1/s1. The summed E-state index contributed by atoms with van der Waals surface area (Å²) in [5.74, 6) is -0.703. The lowest BCUT2D eigenvalue weighted by atomic mass is 9.95. The van der Waals surface area contributed by atoms with Crippen molar-refractivity contribution in [2.45, 2.75) is 18.5 Å². The molecular formula is C9H14N4O4. The maximum Gasteiger partial charge on any atom is 0.405 e. The Kier molecular flexibility index (Phi) is 4.05. The summed E-state index contributed by atoms with van der Waals surface area (Å²) in [6, 6.07) is -0.867. The Hall–Kier alpha value is -2.09. The molecule has 0 spiro atoms. The topological polar surface area (TPSA) is 148 Å². The number of amides is 2. The number of β-lactam (4-membered cyclic amide) rings is 1. The molecule has 1 saturated heterocycles. The maximum absolute atomic E-state index is 11.2. The molecule has 2 atom stereocenters. The lowest BCUT2D eigenvalue weighted by molar-refractivity contribution is -0.130. The summed E-state index contributed by atoms with van der Waals surface area (Å²) in [4.78, 5) is 32.1. The van der Waals surface area contributed by atoms with Gasteiger partial charge in [-0.15, -0.1) is 0 Å². The molecule has 0 aromatic carbocycles. The van der Waals surface area contributed by atoms with Gasteiger partial charge in [-0.3, -0.25) is 9.59 Å². The van der Waals surface area contributed by atoms with Crippen molar-refractivity contribution < 1.29 is 19.5 Å². The number of carbonyl (C=O) groups is 3. The molecular weight excluding hydrogens is 228 g/mol. The van der Waals surface area contributed by atoms with Crippen LogP contribution >= 0.6 is 0 Å². The molecule has 0 aromatic heterocycles. The van der Waals surface area contributed by atoms with Crippen molar-refractivity contribution in [1.29, 1.82) is 0 Å². The van der Waals surface area contributed by atoms with E-state index in [2.05, 4.69) is 5.32 Å². The third-order valence-electron chi connectivity index (χ3n) is 2.28. The second kappa shape index (κ2) is 5.30. The van der Waals surface area contributed by atoms with E-state index in [1.807, 2.05) is 5.32 Å². The number of carboxylic acid groups (broad SMARTS) is 1. The molecule has 8 nitrogen and oxygen atoms in total. The van der Waals surface area contributed by atoms with Gasteiger partial charge in [-0.2, -0.15) is 0 Å². The molecule has 0 unspecified atom stereocenters. The molecule has 1 heterocycles. The minimum atomic E-state index is -1.28. The number of hydrogen-bond acceptors (Lipinski definition) is 5. The van der Waals surface area contributed by atoms with Crippen LogP contribution in [-0.4, -0.2) is 41.5 Å². The van der Waals surface area contributed by atoms with Crippen LogP contribution in [0, 0.1) is 0 Å². The second-order valence-corrected chi connectivity index (χ2v) is 3.69. The van der Waals surface area contributed by atoms with Gasteiger partial charge in [-0.1, -0.05) is 0 Å². The average molecular weight is 242 g/mol. The van der Waals surface area contributed by atoms with Crippen molar-refractivity contribution in [3.63, 3.8) is 0 Å². The van der Waals surface area contributed by atoms with E-state index >= 15 is 0 Å². The first-order valence-electron chi connectivity index (χ1n) is 4.91. The summed E-state index contributed by atoms with van der Waals surface area (Å²) < 4.78 is 0. The molecule has 0 saturated carbocycles. The van der Waals surface area contributed by atoms with E-state index in [-0.39, 0.29) is 30.6 Å². The Balaban J connectivity index is 2.36. The van der Waals surface area contributed by atoms with Crippen molar-refractivity contribution in [2.75, 3.05) is 6.54 Å². The van der Waals surface area contributed by atoms with E-state index in [0.29, 0.717) is 0 Å². The van der Waals surface area contributed by atoms with Gasteiger partial charge in [-0.05, 0) is 0 Å². The van der Waals surface area contributed by atoms with Gasteiger partial charge in [0, 0.05) is 18.2 Å². The summed E-state index contributed by atoms with van der Waals surface area (Å²) >= 11 is 0. The van der Waals surface area contributed by atoms with Crippen LogP contribution in [0.4, 0.5) is 4.79 Å². The lowest BCUT2D eigenvalue weighted by Gasteiger charge is -2.33. The summed E-state index contributed by atoms with van der Waals surface area (Å²) in [7, 11) is 0. The van der Waals surface area contributed by atoms with Crippen molar-refractivity contribution in [3.05, 3.63) is 11.8 Å². The van der Waals surface area contributed by atoms with Gasteiger partial charge in [0.25, 0.3) is 0 Å². The van der Waals surface area contributed by atoms with E-state index in [0.717, 1.165) is 6.08 Å². The van der Waals surface area contributed by atoms with Crippen LogP contribution in [0.1, 0.15) is 6.42 Å². The fraction of sp³-hybridized carbons (Fsp3) is 0.444. The van der Waals surface area contributed by atoms with E-state index < -0.39 is 17.9 Å². The molecule has 0 aromatic rings. The predicted octanol–water partition coefficient (Wildman–Crippen LogP) is -2.12. The third kappa shape index (κ3) is 3.76. The van der Waals surface area contributed by atoms with Crippen LogP contribution < -0.4 is 22.1 Å². The predicted molar refractivity (Wildman–Crippen MR) is 57.8 cm³/mol. The molecule has 1 fully saturated rings. The number of nitrogens with one attached hydrogen (secondary N) is 2. The van der Waals surface area contributed by atoms with E-state index in [1.54, 1.807) is 0 Å². The molecule has 0 aliphatic carbocycles. The maximum atomic E-state index is 11.2. The van der Waals surface area contributed by atoms with E-state index in [1.165, 1.54) is 0 Å². The number of ketones is 1. The Bertz CT molecular complexity index is 379. The molecule has 8 heteroatoms. The van der Waals surface area contributed by atoms with E-state index in [4.69, 9.17) is 16.6 Å². The van der Waals surface area contributed by atoms with Gasteiger partial charge >= 0.3 is 6.09 Å². The second-order valence-electron chi connectivity index (χ2n) is 3.69. The summed E-state index contributed by atoms with van der Waals surface area (Å²) in [5.41, 5.74) is 11.3. The van der Waals surface area contributed by atoms with Crippen molar-refractivity contribution in [1.82, 2.24) is 10.6 Å². The first-order chi connectivity index (χ1) is 7.90. The summed E-state index contributed by atoms with van der Waals surface area (Å²) in [5, 5.41) is 12.7. The third-order valence-corrected chi connectivity index (χ3v) is 2.28. The van der Waals surface area contributed by atoms with Crippen LogP contribution in [0.15, 0.2) is 11.8 Å². The summed E-state index contributed by atoms with van der Waals surface area (Å²) in [6.45, 7) is -0.334.